The number of nitrogens with one attached hydrogen (secondary N) is 2. The van der Waals surface area contributed by atoms with E-state index >= 15 is 0 Å². The average molecular weight is 312 g/mol. The quantitative estimate of drug-likeness (QED) is 0.808. The van der Waals surface area contributed by atoms with Gasteiger partial charge in [0.2, 0.25) is 5.09 Å². The highest BCUT2D eigenvalue weighted by Crippen LogP contribution is 2.18. The molecule has 2 heterocycles. The van der Waals surface area contributed by atoms with Crippen molar-refractivity contribution >= 4 is 10.0 Å². The van der Waals surface area contributed by atoms with Crippen LogP contribution in [0.15, 0.2) is 34.0 Å². The molecule has 21 heavy (non-hydrogen) atoms. The predicted molar refractivity (Wildman–Crippen MR) is 78.0 cm³/mol. The summed E-state index contributed by atoms with van der Waals surface area (Å²) >= 11 is 0. The van der Waals surface area contributed by atoms with Crippen LogP contribution in [-0.2, 0) is 16.6 Å². The number of aromatic nitrogens is 2. The standard InChI is InChI=1S/C13H20N4O3S/c1-4-11(13-14-7-8-15-13)16-9-10-5-6-12(20-10)21(18,19)17(2)3/h5-8,11,16H,4,9H2,1-3H3,(H,14,15). The van der Waals surface area contributed by atoms with E-state index in [1.807, 2.05) is 6.92 Å². The van der Waals surface area contributed by atoms with Gasteiger partial charge in [0.15, 0.2) is 0 Å². The first-order chi connectivity index (χ1) is 9.95. The van der Waals surface area contributed by atoms with Crippen molar-refractivity contribution in [1.29, 1.82) is 0 Å². The smallest absolute Gasteiger partial charge is 0.275 e. The summed E-state index contributed by atoms with van der Waals surface area (Å²) in [6, 6.07) is 3.21. The molecule has 2 N–H and O–H groups in total. The molecule has 1 atom stereocenters. The van der Waals surface area contributed by atoms with Crippen LogP contribution in [0, 0.1) is 0 Å². The van der Waals surface area contributed by atoms with Gasteiger partial charge >= 0.3 is 0 Å². The molecule has 0 aliphatic heterocycles. The Morgan fingerprint density at radius 2 is 2.19 bits per heavy atom. The summed E-state index contributed by atoms with van der Waals surface area (Å²) in [7, 11) is -0.579. The van der Waals surface area contributed by atoms with Gasteiger partial charge in [0.25, 0.3) is 10.0 Å². The zero-order valence-corrected chi connectivity index (χ0v) is 13.1. The first-order valence-electron chi connectivity index (χ1n) is 6.69. The molecule has 0 saturated carbocycles. The van der Waals surface area contributed by atoms with Crippen LogP contribution in [-0.4, -0.2) is 36.8 Å². The minimum absolute atomic E-state index is 0.0460. The summed E-state index contributed by atoms with van der Waals surface area (Å²) in [6.07, 6.45) is 4.33. The van der Waals surface area contributed by atoms with Gasteiger partial charge in [0.1, 0.15) is 11.6 Å². The molecule has 0 fully saturated rings. The van der Waals surface area contributed by atoms with Crippen molar-refractivity contribution in [2.24, 2.45) is 0 Å². The lowest BCUT2D eigenvalue weighted by molar-refractivity contribution is 0.375. The van der Waals surface area contributed by atoms with E-state index < -0.39 is 10.0 Å². The van der Waals surface area contributed by atoms with Gasteiger partial charge in [-0.3, -0.25) is 0 Å². The van der Waals surface area contributed by atoms with Crippen LogP contribution >= 0.6 is 0 Å². The van der Waals surface area contributed by atoms with E-state index in [4.69, 9.17) is 4.42 Å². The highest BCUT2D eigenvalue weighted by Gasteiger charge is 2.21. The van der Waals surface area contributed by atoms with E-state index in [1.54, 1.807) is 18.5 Å². The molecule has 0 amide bonds. The zero-order valence-electron chi connectivity index (χ0n) is 12.3. The number of nitrogens with zero attached hydrogens (tertiary/aromatic N) is 2. The topological polar surface area (TPSA) is 91.2 Å². The Morgan fingerprint density at radius 1 is 1.43 bits per heavy atom. The molecule has 1 unspecified atom stereocenters. The molecule has 2 rings (SSSR count). The fourth-order valence-corrected chi connectivity index (χ4v) is 2.71. The fraction of sp³-hybridized carbons (Fsp3) is 0.462. The van der Waals surface area contributed by atoms with Crippen LogP contribution in [0.2, 0.25) is 0 Å². The van der Waals surface area contributed by atoms with Crippen molar-refractivity contribution < 1.29 is 12.8 Å². The molecule has 0 aliphatic rings. The maximum atomic E-state index is 11.9. The second-order valence-electron chi connectivity index (χ2n) is 4.82. The minimum Gasteiger partial charge on any atom is -0.447 e. The Kier molecular flexibility index (Phi) is 4.81. The number of imidazole rings is 1. The third kappa shape index (κ3) is 3.52. The van der Waals surface area contributed by atoms with Crippen LogP contribution < -0.4 is 5.32 Å². The Labute approximate surface area is 124 Å². The normalized spacial score (nSPS) is 13.7. The van der Waals surface area contributed by atoms with Gasteiger partial charge in [-0.25, -0.2) is 17.7 Å². The van der Waals surface area contributed by atoms with Crippen LogP contribution in [0.3, 0.4) is 0 Å². The van der Waals surface area contributed by atoms with E-state index in [0.29, 0.717) is 12.3 Å². The van der Waals surface area contributed by atoms with Gasteiger partial charge in [-0.05, 0) is 18.6 Å². The summed E-state index contributed by atoms with van der Waals surface area (Å²) in [5, 5.41) is 3.24. The van der Waals surface area contributed by atoms with E-state index in [1.165, 1.54) is 20.2 Å². The summed E-state index contributed by atoms with van der Waals surface area (Å²) in [6.45, 7) is 2.48. The lowest BCUT2D eigenvalue weighted by atomic mass is 10.2. The molecule has 0 saturated heterocycles. The van der Waals surface area contributed by atoms with Gasteiger partial charge < -0.3 is 14.7 Å². The lowest BCUT2D eigenvalue weighted by Crippen LogP contribution is -2.22. The summed E-state index contributed by atoms with van der Waals surface area (Å²) in [4.78, 5) is 7.28. The third-order valence-electron chi connectivity index (χ3n) is 3.15. The van der Waals surface area contributed by atoms with Gasteiger partial charge in [-0.15, -0.1) is 0 Å². The van der Waals surface area contributed by atoms with Crippen molar-refractivity contribution in [2.45, 2.75) is 31.0 Å². The Morgan fingerprint density at radius 3 is 2.76 bits per heavy atom. The number of H-pyrrole nitrogens is 1. The van der Waals surface area contributed by atoms with Gasteiger partial charge in [-0.2, -0.15) is 0 Å². The SMILES string of the molecule is CCC(NCc1ccc(S(=O)(=O)N(C)C)o1)c1ncc[nH]1. The van der Waals surface area contributed by atoms with E-state index in [0.717, 1.165) is 16.6 Å². The molecule has 0 aliphatic carbocycles. The number of hydrogen-bond donors (Lipinski definition) is 2. The molecule has 8 heteroatoms. The summed E-state index contributed by atoms with van der Waals surface area (Å²) in [5.74, 6) is 1.42. The Balaban J connectivity index is 2.03. The summed E-state index contributed by atoms with van der Waals surface area (Å²) in [5.41, 5.74) is 0. The maximum absolute atomic E-state index is 11.9. The largest absolute Gasteiger partial charge is 0.447 e. The molecule has 7 nitrogen and oxygen atoms in total. The number of aromatic amines is 1. The fourth-order valence-electron chi connectivity index (χ4n) is 1.90. The van der Waals surface area contributed by atoms with Gasteiger partial charge in [-0.1, -0.05) is 6.92 Å². The van der Waals surface area contributed by atoms with Crippen LogP contribution in [0.25, 0.3) is 0 Å². The van der Waals surface area contributed by atoms with Gasteiger partial charge in [0, 0.05) is 26.5 Å². The number of sulfonamides is 1. The lowest BCUT2D eigenvalue weighted by Gasteiger charge is -2.13. The molecule has 0 bridgehead atoms. The number of rotatable bonds is 7. The van der Waals surface area contributed by atoms with E-state index in [9.17, 15) is 8.42 Å². The molecular formula is C13H20N4O3S. The maximum Gasteiger partial charge on any atom is 0.275 e. The van der Waals surface area contributed by atoms with Crippen molar-refractivity contribution in [3.05, 3.63) is 36.1 Å². The minimum atomic E-state index is -3.52. The van der Waals surface area contributed by atoms with Crippen molar-refractivity contribution in [3.63, 3.8) is 0 Å². The van der Waals surface area contributed by atoms with Crippen molar-refractivity contribution in [1.82, 2.24) is 19.6 Å². The van der Waals surface area contributed by atoms with Crippen LogP contribution in [0.1, 0.15) is 31.0 Å². The van der Waals surface area contributed by atoms with E-state index in [2.05, 4.69) is 15.3 Å². The summed E-state index contributed by atoms with van der Waals surface area (Å²) < 4.78 is 30.4. The molecule has 0 aromatic carbocycles. The molecular weight excluding hydrogens is 292 g/mol. The average Bonchev–Trinajstić information content (AvgIpc) is 3.10. The zero-order chi connectivity index (χ0) is 15.5. The van der Waals surface area contributed by atoms with Crippen molar-refractivity contribution in [3.8, 4) is 0 Å². The van der Waals surface area contributed by atoms with Gasteiger partial charge in [0.05, 0.1) is 12.6 Å². The Bertz CT molecular complexity index is 661. The first-order valence-corrected chi connectivity index (χ1v) is 8.13. The van der Waals surface area contributed by atoms with E-state index in [-0.39, 0.29) is 11.1 Å². The third-order valence-corrected chi connectivity index (χ3v) is 4.84. The van der Waals surface area contributed by atoms with Crippen LogP contribution in [0.5, 0.6) is 0 Å². The van der Waals surface area contributed by atoms with Crippen LogP contribution in [0.4, 0.5) is 0 Å². The highest BCUT2D eigenvalue weighted by atomic mass is 32.2. The molecule has 0 spiro atoms. The first kappa shape index (κ1) is 15.7. The molecule has 116 valence electrons. The monoisotopic (exact) mass is 312 g/mol. The molecule has 0 radical (unpaired) electrons. The number of furan rings is 1. The number of hydrogen-bond acceptors (Lipinski definition) is 5. The second-order valence-corrected chi connectivity index (χ2v) is 6.91. The highest BCUT2D eigenvalue weighted by molar-refractivity contribution is 7.88. The molecule has 2 aromatic heterocycles. The molecule has 2 aromatic rings. The Hall–Kier alpha value is -1.64. The predicted octanol–water partition coefficient (Wildman–Crippen LogP) is 1.49. The van der Waals surface area contributed by atoms with Crippen molar-refractivity contribution in [2.75, 3.05) is 14.1 Å². The second kappa shape index (κ2) is 6.42.